The molecule has 0 unspecified atom stereocenters. The summed E-state index contributed by atoms with van der Waals surface area (Å²) < 4.78 is 35.8. The molecule has 0 radical (unpaired) electrons. The van der Waals surface area contributed by atoms with Gasteiger partial charge in [0.15, 0.2) is 11.3 Å². The number of likely N-dealkylation sites (tertiary alicyclic amines) is 1. The first-order chi connectivity index (χ1) is 15.8. The van der Waals surface area contributed by atoms with Crippen LogP contribution in [0.25, 0.3) is 22.7 Å². The second-order valence-corrected chi connectivity index (χ2v) is 9.58. The van der Waals surface area contributed by atoms with Crippen molar-refractivity contribution in [3.8, 4) is 11.4 Å². The molecular formula is C22H30F3N7O2. The lowest BCUT2D eigenvalue weighted by atomic mass is 9.91. The first-order valence-electron chi connectivity index (χ1n) is 11.1. The average Bonchev–Trinajstić information content (AvgIpc) is 3.37. The van der Waals surface area contributed by atoms with E-state index < -0.39 is 12.1 Å². The number of aliphatic carboxylic acids is 1. The lowest BCUT2D eigenvalue weighted by Gasteiger charge is -2.34. The monoisotopic (exact) mass is 481 g/mol. The Kier molecular flexibility index (Phi) is 7.59. The number of nitrogens with zero attached hydrogens (tertiary/aromatic N) is 7. The van der Waals surface area contributed by atoms with E-state index in [1.165, 1.54) is 13.0 Å². The van der Waals surface area contributed by atoms with Crippen molar-refractivity contribution in [2.45, 2.75) is 52.3 Å². The molecule has 1 aliphatic rings. The van der Waals surface area contributed by atoms with Gasteiger partial charge in [-0.3, -0.25) is 4.68 Å². The minimum Gasteiger partial charge on any atom is -0.475 e. The molecule has 1 aliphatic heterocycles. The maximum atomic E-state index is 10.6. The van der Waals surface area contributed by atoms with E-state index in [1.807, 2.05) is 24.1 Å². The molecule has 0 spiro atoms. The molecule has 0 bridgehead atoms. The summed E-state index contributed by atoms with van der Waals surface area (Å²) in [5, 5.41) is 11.4. The molecule has 3 aromatic heterocycles. The maximum Gasteiger partial charge on any atom is 0.490 e. The molecule has 4 heterocycles. The van der Waals surface area contributed by atoms with Crippen LogP contribution in [0.3, 0.4) is 0 Å². The van der Waals surface area contributed by atoms with Gasteiger partial charge >= 0.3 is 12.1 Å². The minimum absolute atomic E-state index is 0.398. The normalized spacial score (nSPS) is 15.9. The Morgan fingerprint density at radius 3 is 2.35 bits per heavy atom. The highest BCUT2D eigenvalue weighted by molar-refractivity contribution is 5.73. The predicted molar refractivity (Wildman–Crippen MR) is 120 cm³/mol. The number of carboxylic acids is 1. The van der Waals surface area contributed by atoms with Gasteiger partial charge in [0, 0.05) is 32.4 Å². The summed E-state index contributed by atoms with van der Waals surface area (Å²) >= 11 is 0. The predicted octanol–water partition coefficient (Wildman–Crippen LogP) is 3.93. The molecule has 1 saturated heterocycles. The van der Waals surface area contributed by atoms with Gasteiger partial charge < -0.3 is 14.6 Å². The second kappa shape index (κ2) is 10.1. The molecule has 186 valence electrons. The fourth-order valence-corrected chi connectivity index (χ4v) is 3.74. The Bertz CT molecular complexity index is 1110. The van der Waals surface area contributed by atoms with Crippen LogP contribution in [0.4, 0.5) is 13.2 Å². The molecule has 12 heteroatoms. The van der Waals surface area contributed by atoms with E-state index in [1.54, 1.807) is 12.4 Å². The Labute approximate surface area is 195 Å². The van der Waals surface area contributed by atoms with Gasteiger partial charge in [-0.2, -0.15) is 18.3 Å². The van der Waals surface area contributed by atoms with E-state index in [2.05, 4.69) is 45.3 Å². The van der Waals surface area contributed by atoms with Crippen molar-refractivity contribution in [2.75, 3.05) is 19.6 Å². The number of fused-ring (bicyclic) bond motifs is 1. The van der Waals surface area contributed by atoms with Crippen molar-refractivity contribution in [3.63, 3.8) is 0 Å². The summed E-state index contributed by atoms with van der Waals surface area (Å²) in [6.45, 7) is 10.4. The highest BCUT2D eigenvalue weighted by Gasteiger charge is 2.38. The average molecular weight is 482 g/mol. The minimum atomic E-state index is -5.08. The Morgan fingerprint density at radius 2 is 1.82 bits per heavy atom. The van der Waals surface area contributed by atoms with Gasteiger partial charge in [-0.15, -0.1) is 0 Å². The highest BCUT2D eigenvalue weighted by atomic mass is 19.4. The van der Waals surface area contributed by atoms with Crippen LogP contribution < -0.4 is 0 Å². The van der Waals surface area contributed by atoms with Gasteiger partial charge in [0.2, 0.25) is 0 Å². The van der Waals surface area contributed by atoms with Crippen LogP contribution in [0.15, 0.2) is 24.8 Å². The number of carboxylic acid groups (broad SMARTS) is 1. The zero-order valence-corrected chi connectivity index (χ0v) is 19.7. The van der Waals surface area contributed by atoms with Crippen molar-refractivity contribution in [3.05, 3.63) is 24.8 Å². The molecule has 0 amide bonds. The second-order valence-electron chi connectivity index (χ2n) is 9.58. The van der Waals surface area contributed by atoms with Gasteiger partial charge in [-0.1, -0.05) is 20.8 Å². The van der Waals surface area contributed by atoms with Crippen molar-refractivity contribution < 1.29 is 23.1 Å². The van der Waals surface area contributed by atoms with Gasteiger partial charge in [0.05, 0.1) is 18.2 Å². The fourth-order valence-electron chi connectivity index (χ4n) is 3.74. The number of carbonyl (C=O) groups is 1. The highest BCUT2D eigenvalue weighted by Crippen LogP contribution is 2.28. The first-order valence-corrected chi connectivity index (χ1v) is 11.1. The van der Waals surface area contributed by atoms with Gasteiger partial charge in [0.25, 0.3) is 0 Å². The van der Waals surface area contributed by atoms with E-state index in [9.17, 15) is 13.2 Å². The molecule has 3 aromatic rings. The molecule has 0 aromatic carbocycles. The van der Waals surface area contributed by atoms with E-state index >= 15 is 0 Å². The van der Waals surface area contributed by atoms with E-state index in [0.717, 1.165) is 48.6 Å². The van der Waals surface area contributed by atoms with Crippen LogP contribution in [-0.4, -0.2) is 71.1 Å². The first kappa shape index (κ1) is 25.6. The topological polar surface area (TPSA) is 102 Å². The number of aromatic nitrogens is 6. The van der Waals surface area contributed by atoms with Crippen LogP contribution in [-0.2, 0) is 11.8 Å². The number of hydrogen-bond acceptors (Lipinski definition) is 6. The third-order valence-corrected chi connectivity index (χ3v) is 5.74. The molecule has 0 atom stereocenters. The van der Waals surface area contributed by atoms with Crippen LogP contribution in [0.1, 0.15) is 46.1 Å². The zero-order chi connectivity index (χ0) is 25.1. The van der Waals surface area contributed by atoms with Crippen molar-refractivity contribution in [1.82, 2.24) is 34.2 Å². The Morgan fingerprint density at radius 1 is 1.18 bits per heavy atom. The van der Waals surface area contributed by atoms with Gasteiger partial charge in [0.1, 0.15) is 5.69 Å². The Hall–Kier alpha value is -3.02. The summed E-state index contributed by atoms with van der Waals surface area (Å²) in [5.41, 5.74) is 3.80. The number of alkyl halides is 3. The lowest BCUT2D eigenvalue weighted by Crippen LogP contribution is -2.36. The summed E-state index contributed by atoms with van der Waals surface area (Å²) in [4.78, 5) is 25.4. The molecular weight excluding hydrogens is 451 g/mol. The van der Waals surface area contributed by atoms with Crippen LogP contribution in [0, 0.1) is 5.41 Å². The van der Waals surface area contributed by atoms with Gasteiger partial charge in [-0.05, 0) is 37.3 Å². The zero-order valence-electron chi connectivity index (χ0n) is 19.7. The number of aryl methyl sites for hydroxylation is 1. The third-order valence-electron chi connectivity index (χ3n) is 5.74. The molecule has 4 rings (SSSR count). The summed E-state index contributed by atoms with van der Waals surface area (Å²) in [7, 11) is 1.92. The smallest absolute Gasteiger partial charge is 0.475 e. The van der Waals surface area contributed by atoms with Crippen molar-refractivity contribution in [2.24, 2.45) is 12.5 Å². The number of piperidine rings is 1. The quantitative estimate of drug-likeness (QED) is 0.602. The summed E-state index contributed by atoms with van der Waals surface area (Å²) in [5.74, 6) is -2.76. The molecule has 1 N–H and O–H groups in total. The number of hydrogen-bond donors (Lipinski definition) is 1. The Balaban J connectivity index is 0.000000406. The number of imidazole rings is 1. The van der Waals surface area contributed by atoms with Crippen LogP contribution in [0.2, 0.25) is 0 Å². The van der Waals surface area contributed by atoms with E-state index in [4.69, 9.17) is 14.9 Å². The lowest BCUT2D eigenvalue weighted by molar-refractivity contribution is -0.192. The molecule has 9 nitrogen and oxygen atoms in total. The summed E-state index contributed by atoms with van der Waals surface area (Å²) in [6.07, 6.45) is 3.90. The maximum absolute atomic E-state index is 10.6. The largest absolute Gasteiger partial charge is 0.490 e. The van der Waals surface area contributed by atoms with E-state index in [-0.39, 0.29) is 0 Å². The van der Waals surface area contributed by atoms with Crippen LogP contribution in [0.5, 0.6) is 0 Å². The number of rotatable bonds is 4. The van der Waals surface area contributed by atoms with Gasteiger partial charge in [-0.25, -0.2) is 19.7 Å². The molecule has 1 fully saturated rings. The number of halogens is 3. The van der Waals surface area contributed by atoms with Crippen LogP contribution >= 0.6 is 0 Å². The summed E-state index contributed by atoms with van der Waals surface area (Å²) in [6, 6.07) is 2.40. The fraction of sp³-hybridized carbons (Fsp3) is 0.591. The molecule has 0 aliphatic carbocycles. The van der Waals surface area contributed by atoms with Crippen molar-refractivity contribution >= 4 is 17.3 Å². The molecule has 34 heavy (non-hydrogen) atoms. The SMILES string of the molecule is Cn1nccc1-c1cnc2ncn(C3CCN(CCC(C)(C)C)CC3)c2n1.O=C(O)C(F)(F)F. The standard InChI is InChI=1S/C20H29N7.C2HF3O2/c1-20(2,3)8-12-26-10-6-15(7-11-26)27-14-22-18-19(27)24-16(13-21-18)17-5-9-23-25(17)4;3-2(4,5)1(6)7/h5,9,13-15H,6-8,10-12H2,1-4H3;(H,6,7). The molecule has 0 saturated carbocycles. The van der Waals surface area contributed by atoms with E-state index in [0.29, 0.717) is 11.5 Å². The third kappa shape index (κ3) is 6.52. The van der Waals surface area contributed by atoms with Crippen molar-refractivity contribution in [1.29, 1.82) is 0 Å².